The Morgan fingerprint density at radius 3 is 2.56 bits per heavy atom. The molecule has 0 aromatic heterocycles. The van der Waals surface area contributed by atoms with Gasteiger partial charge in [-0.1, -0.05) is 19.8 Å². The van der Waals surface area contributed by atoms with Gasteiger partial charge < -0.3 is 15.4 Å². The van der Waals surface area contributed by atoms with Crippen LogP contribution in [0.4, 0.5) is 0 Å². The van der Waals surface area contributed by atoms with Crippen molar-refractivity contribution in [3.63, 3.8) is 0 Å². The molecule has 1 heterocycles. The zero-order valence-electron chi connectivity index (χ0n) is 11.1. The molecular weight excluding hydrogens is 252 g/mol. The second kappa shape index (κ2) is 7.97. The second-order valence-corrected chi connectivity index (χ2v) is 5.21. The summed E-state index contributed by atoms with van der Waals surface area (Å²) in [5.74, 6) is 0.689. The number of amides is 1. The Labute approximate surface area is 116 Å². The first kappa shape index (κ1) is 15.7. The zero-order valence-corrected chi connectivity index (χ0v) is 11.9. The quantitative estimate of drug-likeness (QED) is 0.773. The predicted molar refractivity (Wildman–Crippen MR) is 74.0 cm³/mol. The fourth-order valence-corrected chi connectivity index (χ4v) is 2.45. The Bertz CT molecular complexity index is 253. The lowest BCUT2D eigenvalue weighted by Crippen LogP contribution is -2.50. The first-order valence-electron chi connectivity index (χ1n) is 6.93. The van der Waals surface area contributed by atoms with Crippen LogP contribution in [0.2, 0.25) is 0 Å². The van der Waals surface area contributed by atoms with E-state index in [-0.39, 0.29) is 24.4 Å². The molecule has 2 aliphatic rings. The summed E-state index contributed by atoms with van der Waals surface area (Å²) in [4.78, 5) is 11.9. The van der Waals surface area contributed by atoms with Gasteiger partial charge in [-0.2, -0.15) is 0 Å². The number of ether oxygens (including phenoxy) is 1. The lowest BCUT2D eigenvalue weighted by molar-refractivity contribution is -0.137. The number of carbonyl (C=O) groups excluding carboxylic acids is 1. The second-order valence-electron chi connectivity index (χ2n) is 5.21. The molecule has 1 amide bonds. The van der Waals surface area contributed by atoms with Gasteiger partial charge in [-0.05, 0) is 19.3 Å². The van der Waals surface area contributed by atoms with Gasteiger partial charge >= 0.3 is 0 Å². The van der Waals surface area contributed by atoms with E-state index in [0.717, 1.165) is 38.9 Å². The van der Waals surface area contributed by atoms with E-state index in [1.165, 1.54) is 12.8 Å². The Morgan fingerprint density at radius 1 is 1.39 bits per heavy atom. The molecule has 1 atom stereocenters. The zero-order chi connectivity index (χ0) is 12.1. The van der Waals surface area contributed by atoms with Crippen molar-refractivity contribution in [2.24, 2.45) is 5.92 Å². The molecular formula is C13H25ClN2O2. The summed E-state index contributed by atoms with van der Waals surface area (Å²) in [7, 11) is 0. The average molecular weight is 277 g/mol. The summed E-state index contributed by atoms with van der Waals surface area (Å²) in [6, 6.07) is 0. The summed E-state index contributed by atoms with van der Waals surface area (Å²) >= 11 is 0. The molecule has 5 heteroatoms. The third kappa shape index (κ3) is 4.41. The van der Waals surface area contributed by atoms with Crippen LogP contribution in [0.1, 0.15) is 39.0 Å². The van der Waals surface area contributed by atoms with Gasteiger partial charge in [0.2, 0.25) is 5.91 Å². The van der Waals surface area contributed by atoms with Crippen LogP contribution in [0.25, 0.3) is 0 Å². The summed E-state index contributed by atoms with van der Waals surface area (Å²) in [6.45, 7) is 4.86. The van der Waals surface area contributed by atoms with Crippen molar-refractivity contribution in [2.45, 2.75) is 51.2 Å². The predicted octanol–water partition coefficient (Wildman–Crippen LogP) is 1.48. The molecule has 0 aromatic rings. The molecule has 106 valence electrons. The molecule has 0 aromatic carbocycles. The minimum absolute atomic E-state index is 0. The van der Waals surface area contributed by atoms with Crippen molar-refractivity contribution in [3.8, 4) is 0 Å². The Balaban J connectivity index is 0.00000162. The summed E-state index contributed by atoms with van der Waals surface area (Å²) in [5.41, 5.74) is 0. The lowest BCUT2D eigenvalue weighted by atomic mass is 10.0. The van der Waals surface area contributed by atoms with E-state index in [9.17, 15) is 4.79 Å². The van der Waals surface area contributed by atoms with Crippen molar-refractivity contribution in [1.29, 1.82) is 0 Å². The van der Waals surface area contributed by atoms with Crippen LogP contribution in [0.5, 0.6) is 0 Å². The van der Waals surface area contributed by atoms with Gasteiger partial charge in [0.15, 0.2) is 0 Å². The molecule has 2 rings (SSSR count). The van der Waals surface area contributed by atoms with Crippen molar-refractivity contribution in [2.75, 3.05) is 19.6 Å². The maximum absolute atomic E-state index is 11.9. The number of nitrogens with one attached hydrogen (secondary N) is 2. The molecule has 2 N–H and O–H groups in total. The molecule has 0 bridgehead atoms. The van der Waals surface area contributed by atoms with E-state index >= 15 is 0 Å². The fourth-order valence-electron chi connectivity index (χ4n) is 2.45. The molecule has 1 saturated carbocycles. The van der Waals surface area contributed by atoms with Crippen molar-refractivity contribution in [3.05, 3.63) is 0 Å². The van der Waals surface area contributed by atoms with Crippen LogP contribution in [-0.4, -0.2) is 37.7 Å². The Hall–Kier alpha value is -0.320. The monoisotopic (exact) mass is 276 g/mol. The molecule has 18 heavy (non-hydrogen) atoms. The standard InChI is InChI=1S/C13H24N2O2.ClH/c1-2-12(17-11-5-3-4-6-11)13(16)15-9-10-7-14-8-10;/h10-12,14H,2-9H2,1H3,(H,15,16);1H. The highest BCUT2D eigenvalue weighted by molar-refractivity contribution is 5.85. The highest BCUT2D eigenvalue weighted by atomic mass is 35.5. The van der Waals surface area contributed by atoms with Gasteiger partial charge in [-0.3, -0.25) is 4.79 Å². The van der Waals surface area contributed by atoms with E-state index < -0.39 is 0 Å². The molecule has 1 aliphatic carbocycles. The minimum Gasteiger partial charge on any atom is -0.365 e. The van der Waals surface area contributed by atoms with E-state index in [0.29, 0.717) is 12.0 Å². The average Bonchev–Trinajstić information content (AvgIpc) is 2.76. The van der Waals surface area contributed by atoms with Crippen LogP contribution >= 0.6 is 12.4 Å². The Morgan fingerprint density at radius 2 is 2.06 bits per heavy atom. The van der Waals surface area contributed by atoms with Crippen LogP contribution in [0.15, 0.2) is 0 Å². The third-order valence-electron chi connectivity index (χ3n) is 3.75. The van der Waals surface area contributed by atoms with Crippen LogP contribution < -0.4 is 10.6 Å². The molecule has 4 nitrogen and oxygen atoms in total. The van der Waals surface area contributed by atoms with Crippen LogP contribution in [-0.2, 0) is 9.53 Å². The van der Waals surface area contributed by atoms with Gasteiger partial charge in [0.1, 0.15) is 6.10 Å². The number of hydrogen-bond donors (Lipinski definition) is 2. The number of hydrogen-bond acceptors (Lipinski definition) is 3. The molecule has 2 fully saturated rings. The molecule has 1 aliphatic heterocycles. The topological polar surface area (TPSA) is 50.4 Å². The molecule has 1 unspecified atom stereocenters. The van der Waals surface area contributed by atoms with Crippen molar-refractivity contribution < 1.29 is 9.53 Å². The first-order chi connectivity index (χ1) is 8.29. The van der Waals surface area contributed by atoms with Crippen LogP contribution in [0.3, 0.4) is 0 Å². The minimum atomic E-state index is -0.244. The van der Waals surface area contributed by atoms with E-state index in [1.807, 2.05) is 6.92 Å². The van der Waals surface area contributed by atoms with Gasteiger partial charge in [0.05, 0.1) is 6.10 Å². The summed E-state index contributed by atoms with van der Waals surface area (Å²) in [5, 5.41) is 6.21. The van der Waals surface area contributed by atoms with Gasteiger partial charge in [-0.25, -0.2) is 0 Å². The summed E-state index contributed by atoms with van der Waals surface area (Å²) in [6.07, 6.45) is 5.58. The molecule has 0 spiro atoms. The normalized spacial score (nSPS) is 22.1. The maximum Gasteiger partial charge on any atom is 0.249 e. The van der Waals surface area contributed by atoms with Gasteiger partial charge in [0.25, 0.3) is 0 Å². The first-order valence-corrected chi connectivity index (χ1v) is 6.93. The fraction of sp³-hybridized carbons (Fsp3) is 0.923. The SMILES string of the molecule is CCC(OC1CCCC1)C(=O)NCC1CNC1.Cl. The van der Waals surface area contributed by atoms with E-state index in [4.69, 9.17) is 4.74 Å². The number of rotatable bonds is 6. The van der Waals surface area contributed by atoms with Crippen LogP contribution in [0, 0.1) is 5.92 Å². The lowest BCUT2D eigenvalue weighted by Gasteiger charge is -2.28. The largest absolute Gasteiger partial charge is 0.365 e. The summed E-state index contributed by atoms with van der Waals surface area (Å²) < 4.78 is 5.88. The van der Waals surface area contributed by atoms with E-state index in [2.05, 4.69) is 10.6 Å². The highest BCUT2D eigenvalue weighted by Crippen LogP contribution is 2.22. The molecule has 0 radical (unpaired) electrons. The smallest absolute Gasteiger partial charge is 0.249 e. The van der Waals surface area contributed by atoms with E-state index in [1.54, 1.807) is 0 Å². The maximum atomic E-state index is 11.9. The highest BCUT2D eigenvalue weighted by Gasteiger charge is 2.25. The molecule has 1 saturated heterocycles. The number of carbonyl (C=O) groups is 1. The number of halogens is 1. The van der Waals surface area contributed by atoms with Gasteiger partial charge in [-0.15, -0.1) is 12.4 Å². The third-order valence-corrected chi connectivity index (χ3v) is 3.75. The van der Waals surface area contributed by atoms with Gasteiger partial charge in [0, 0.05) is 25.6 Å². The van der Waals surface area contributed by atoms with Crippen molar-refractivity contribution >= 4 is 18.3 Å². The Kier molecular flexibility index (Phi) is 6.97. The van der Waals surface area contributed by atoms with Crippen molar-refractivity contribution in [1.82, 2.24) is 10.6 Å².